The van der Waals surface area contributed by atoms with Crippen LogP contribution >= 0.6 is 27.7 Å². The third kappa shape index (κ3) is 5.04. The van der Waals surface area contributed by atoms with Gasteiger partial charge in [0.15, 0.2) is 0 Å². The van der Waals surface area contributed by atoms with E-state index in [1.54, 1.807) is 0 Å². The highest BCUT2D eigenvalue weighted by Crippen LogP contribution is 2.43. The van der Waals surface area contributed by atoms with Crippen molar-refractivity contribution in [1.29, 1.82) is 0 Å². The molecule has 21 heavy (non-hydrogen) atoms. The van der Waals surface area contributed by atoms with Crippen molar-refractivity contribution in [2.24, 2.45) is 5.41 Å². The van der Waals surface area contributed by atoms with Crippen LogP contribution in [0.3, 0.4) is 0 Å². The summed E-state index contributed by atoms with van der Waals surface area (Å²) in [6, 6.07) is 7.80. The second-order valence-electron chi connectivity index (χ2n) is 5.44. The minimum Gasteiger partial charge on any atom is -0.481 e. The van der Waals surface area contributed by atoms with Gasteiger partial charge >= 0.3 is 5.97 Å². The number of halogens is 1. The quantitative estimate of drug-likeness (QED) is 0.721. The molecule has 0 radical (unpaired) electrons. The molecule has 1 aliphatic carbocycles. The molecule has 0 saturated heterocycles. The standard InChI is InChI=1S/C15H18BrNO3S/c16-11-2-4-12(5-3-11)21-9-13(18)17-10-15(6-1-7-15)8-14(19)20/h2-5H,1,6-10H2,(H,17,18)(H,19,20). The van der Waals surface area contributed by atoms with Crippen molar-refractivity contribution in [2.45, 2.75) is 30.6 Å². The van der Waals surface area contributed by atoms with Gasteiger partial charge in [-0.3, -0.25) is 9.59 Å². The Labute approximate surface area is 136 Å². The van der Waals surface area contributed by atoms with E-state index >= 15 is 0 Å². The van der Waals surface area contributed by atoms with Crippen LogP contribution in [0.25, 0.3) is 0 Å². The number of amides is 1. The molecule has 1 aliphatic rings. The Balaban J connectivity index is 1.74. The highest BCUT2D eigenvalue weighted by molar-refractivity contribution is 9.10. The van der Waals surface area contributed by atoms with Gasteiger partial charge in [-0.1, -0.05) is 22.4 Å². The maximum Gasteiger partial charge on any atom is 0.303 e. The van der Waals surface area contributed by atoms with E-state index in [1.807, 2.05) is 24.3 Å². The summed E-state index contributed by atoms with van der Waals surface area (Å²) in [7, 11) is 0. The van der Waals surface area contributed by atoms with E-state index in [9.17, 15) is 9.59 Å². The second-order valence-corrected chi connectivity index (χ2v) is 7.41. The van der Waals surface area contributed by atoms with Crippen LogP contribution in [-0.4, -0.2) is 29.3 Å². The highest BCUT2D eigenvalue weighted by Gasteiger charge is 2.39. The molecule has 1 aromatic carbocycles. The first-order valence-electron chi connectivity index (χ1n) is 6.86. The molecule has 2 N–H and O–H groups in total. The third-order valence-electron chi connectivity index (χ3n) is 3.78. The SMILES string of the molecule is O=C(O)CC1(CNC(=O)CSc2ccc(Br)cc2)CCC1. The molecule has 1 aromatic rings. The van der Waals surface area contributed by atoms with Crippen LogP contribution in [0.1, 0.15) is 25.7 Å². The normalized spacial score (nSPS) is 16.0. The summed E-state index contributed by atoms with van der Waals surface area (Å²) in [4.78, 5) is 23.8. The molecule has 1 amide bonds. The summed E-state index contributed by atoms with van der Waals surface area (Å²) in [6.45, 7) is 0.471. The van der Waals surface area contributed by atoms with E-state index in [1.165, 1.54) is 11.8 Å². The molecule has 4 nitrogen and oxygen atoms in total. The Morgan fingerprint density at radius 3 is 2.48 bits per heavy atom. The number of carbonyl (C=O) groups excluding carboxylic acids is 1. The molecule has 6 heteroatoms. The molecule has 0 unspecified atom stereocenters. The summed E-state index contributed by atoms with van der Waals surface area (Å²) in [6.07, 6.45) is 2.97. The number of rotatable bonds is 7. The fraction of sp³-hybridized carbons (Fsp3) is 0.467. The van der Waals surface area contributed by atoms with E-state index in [-0.39, 0.29) is 17.7 Å². The molecule has 0 heterocycles. The van der Waals surface area contributed by atoms with E-state index in [0.29, 0.717) is 12.3 Å². The van der Waals surface area contributed by atoms with Crippen LogP contribution in [-0.2, 0) is 9.59 Å². The zero-order valence-electron chi connectivity index (χ0n) is 11.6. The Bertz CT molecular complexity index is 514. The van der Waals surface area contributed by atoms with Crippen LogP contribution in [0.4, 0.5) is 0 Å². The van der Waals surface area contributed by atoms with Crippen molar-refractivity contribution in [2.75, 3.05) is 12.3 Å². The van der Waals surface area contributed by atoms with Crippen LogP contribution in [0, 0.1) is 5.41 Å². The van der Waals surface area contributed by atoms with Gasteiger partial charge in [-0.05, 0) is 42.5 Å². The van der Waals surface area contributed by atoms with Gasteiger partial charge < -0.3 is 10.4 Å². The van der Waals surface area contributed by atoms with Gasteiger partial charge in [0.05, 0.1) is 12.2 Å². The molecule has 114 valence electrons. The fourth-order valence-electron chi connectivity index (χ4n) is 2.43. The van der Waals surface area contributed by atoms with Crippen molar-refractivity contribution < 1.29 is 14.7 Å². The minimum atomic E-state index is -0.784. The van der Waals surface area contributed by atoms with Crippen LogP contribution in [0.15, 0.2) is 33.6 Å². The van der Waals surface area contributed by atoms with Gasteiger partial charge in [0.1, 0.15) is 0 Å². The van der Waals surface area contributed by atoms with Crippen LogP contribution in [0.2, 0.25) is 0 Å². The number of hydrogen-bond donors (Lipinski definition) is 2. The van der Waals surface area contributed by atoms with E-state index in [2.05, 4.69) is 21.2 Å². The van der Waals surface area contributed by atoms with Gasteiger partial charge in [-0.15, -0.1) is 11.8 Å². The molecule has 0 atom stereocenters. The van der Waals surface area contributed by atoms with Crippen LogP contribution < -0.4 is 5.32 Å². The van der Waals surface area contributed by atoms with E-state index in [4.69, 9.17) is 5.11 Å². The number of nitrogens with one attached hydrogen (secondary N) is 1. The van der Waals surface area contributed by atoms with Crippen LogP contribution in [0.5, 0.6) is 0 Å². The summed E-state index contributed by atoms with van der Waals surface area (Å²) in [5.41, 5.74) is -0.218. The summed E-state index contributed by atoms with van der Waals surface area (Å²) >= 11 is 4.85. The molecule has 1 saturated carbocycles. The third-order valence-corrected chi connectivity index (χ3v) is 5.33. The van der Waals surface area contributed by atoms with Crippen molar-refractivity contribution in [1.82, 2.24) is 5.32 Å². The average Bonchev–Trinajstić information content (AvgIpc) is 2.40. The number of benzene rings is 1. The zero-order valence-corrected chi connectivity index (χ0v) is 14.0. The predicted molar refractivity (Wildman–Crippen MR) is 86.4 cm³/mol. The predicted octanol–water partition coefficient (Wildman–Crippen LogP) is 3.30. The Morgan fingerprint density at radius 1 is 1.29 bits per heavy atom. The Morgan fingerprint density at radius 2 is 1.95 bits per heavy atom. The lowest BCUT2D eigenvalue weighted by Crippen LogP contribution is -2.44. The highest BCUT2D eigenvalue weighted by atomic mass is 79.9. The van der Waals surface area contributed by atoms with Crippen molar-refractivity contribution in [3.8, 4) is 0 Å². The molecule has 0 spiro atoms. The molecule has 0 bridgehead atoms. The lowest BCUT2D eigenvalue weighted by Gasteiger charge is -2.40. The smallest absolute Gasteiger partial charge is 0.303 e. The summed E-state index contributed by atoms with van der Waals surface area (Å²) in [5, 5.41) is 11.8. The summed E-state index contributed by atoms with van der Waals surface area (Å²) in [5.74, 6) is -0.474. The van der Waals surface area contributed by atoms with Gasteiger partial charge in [0.2, 0.25) is 5.91 Å². The maximum atomic E-state index is 11.9. The number of aliphatic carboxylic acids is 1. The number of carboxylic acid groups (broad SMARTS) is 1. The molecular formula is C15H18BrNO3S. The van der Waals surface area contributed by atoms with Gasteiger partial charge in [-0.25, -0.2) is 0 Å². The van der Waals surface area contributed by atoms with Gasteiger partial charge in [0, 0.05) is 15.9 Å². The number of carbonyl (C=O) groups is 2. The maximum absolute atomic E-state index is 11.9. The lowest BCUT2D eigenvalue weighted by atomic mass is 9.66. The Kier molecular flexibility index (Phi) is 5.70. The van der Waals surface area contributed by atoms with Gasteiger partial charge in [-0.2, -0.15) is 0 Å². The molecule has 0 aliphatic heterocycles. The largest absolute Gasteiger partial charge is 0.481 e. The lowest BCUT2D eigenvalue weighted by molar-refractivity contribution is -0.141. The van der Waals surface area contributed by atoms with Crippen molar-refractivity contribution in [3.63, 3.8) is 0 Å². The molecule has 1 fully saturated rings. The Hall–Kier alpha value is -1.01. The first-order valence-corrected chi connectivity index (χ1v) is 8.64. The number of hydrogen-bond acceptors (Lipinski definition) is 3. The first-order chi connectivity index (χ1) is 9.99. The van der Waals surface area contributed by atoms with Crippen molar-refractivity contribution in [3.05, 3.63) is 28.7 Å². The topological polar surface area (TPSA) is 66.4 Å². The molecule has 2 rings (SSSR count). The van der Waals surface area contributed by atoms with E-state index < -0.39 is 5.97 Å². The average molecular weight is 372 g/mol. The second kappa shape index (κ2) is 7.31. The van der Waals surface area contributed by atoms with E-state index in [0.717, 1.165) is 28.6 Å². The monoisotopic (exact) mass is 371 g/mol. The number of thioether (sulfide) groups is 1. The molecular weight excluding hydrogens is 354 g/mol. The van der Waals surface area contributed by atoms with Crippen molar-refractivity contribution >= 4 is 39.6 Å². The van der Waals surface area contributed by atoms with Gasteiger partial charge in [0.25, 0.3) is 0 Å². The summed E-state index contributed by atoms with van der Waals surface area (Å²) < 4.78 is 1.01. The molecule has 0 aromatic heterocycles. The minimum absolute atomic E-state index is 0.0421. The zero-order chi connectivity index (χ0) is 15.3. The fourth-order valence-corrected chi connectivity index (χ4v) is 3.42. The number of carboxylic acids is 1. The first kappa shape index (κ1) is 16.4.